The third-order valence-corrected chi connectivity index (χ3v) is 4.48. The fourth-order valence-electron chi connectivity index (χ4n) is 2.51. The molecule has 3 nitrogen and oxygen atoms in total. The highest BCUT2D eigenvalue weighted by molar-refractivity contribution is 9.10. The van der Waals surface area contributed by atoms with Gasteiger partial charge in [-0.15, -0.1) is 0 Å². The van der Waals surface area contributed by atoms with Gasteiger partial charge in [0.05, 0.1) is 10.2 Å². The summed E-state index contributed by atoms with van der Waals surface area (Å²) in [6.45, 7) is 2.97. The normalized spacial score (nSPS) is 18.6. The van der Waals surface area contributed by atoms with Crippen LogP contribution in [0.15, 0.2) is 4.47 Å². The number of aromatic nitrogens is 2. The van der Waals surface area contributed by atoms with Gasteiger partial charge in [-0.3, -0.25) is 0 Å². The van der Waals surface area contributed by atoms with Crippen molar-refractivity contribution in [2.24, 2.45) is 5.92 Å². The van der Waals surface area contributed by atoms with Crippen molar-refractivity contribution >= 4 is 21.7 Å². The van der Waals surface area contributed by atoms with Gasteiger partial charge in [0.15, 0.2) is 0 Å². The Balaban J connectivity index is 2.04. The van der Waals surface area contributed by atoms with Crippen molar-refractivity contribution in [3.05, 3.63) is 10.2 Å². The number of aryl methyl sites for hydroxylation is 1. The smallest absolute Gasteiger partial charge is 0.136 e. The van der Waals surface area contributed by atoms with Crippen molar-refractivity contribution in [2.75, 3.05) is 5.73 Å². The van der Waals surface area contributed by atoms with Crippen LogP contribution >= 0.6 is 15.9 Å². The van der Waals surface area contributed by atoms with E-state index in [1.54, 1.807) is 0 Å². The first-order valence-corrected chi connectivity index (χ1v) is 6.96. The van der Waals surface area contributed by atoms with Crippen LogP contribution in [0.4, 0.5) is 5.82 Å². The van der Waals surface area contributed by atoms with Crippen molar-refractivity contribution in [2.45, 2.75) is 52.0 Å². The molecule has 0 spiro atoms. The molecule has 0 aliphatic heterocycles. The molecule has 16 heavy (non-hydrogen) atoms. The maximum atomic E-state index is 6.01. The molecular formula is C12H20BrN3. The molecule has 0 unspecified atom stereocenters. The minimum absolute atomic E-state index is 0.760. The lowest BCUT2D eigenvalue weighted by atomic mass is 10.0. The van der Waals surface area contributed by atoms with E-state index in [2.05, 4.69) is 21.0 Å². The lowest BCUT2D eigenvalue weighted by Gasteiger charge is -2.14. The van der Waals surface area contributed by atoms with E-state index < -0.39 is 0 Å². The SMILES string of the molecule is Cc1nn(CC2CCCCCC2)c(N)c1Br. The number of nitrogens with zero attached hydrogens (tertiary/aromatic N) is 2. The number of anilines is 1. The van der Waals surface area contributed by atoms with E-state index in [1.165, 1.54) is 38.5 Å². The average Bonchev–Trinajstić information content (AvgIpc) is 2.53. The second-order valence-electron chi connectivity index (χ2n) is 4.82. The number of hydrogen-bond acceptors (Lipinski definition) is 2. The Labute approximate surface area is 106 Å². The van der Waals surface area contributed by atoms with E-state index in [0.717, 1.165) is 28.4 Å². The molecule has 0 saturated heterocycles. The molecule has 90 valence electrons. The van der Waals surface area contributed by atoms with Crippen molar-refractivity contribution in [1.82, 2.24) is 9.78 Å². The van der Waals surface area contributed by atoms with Gasteiger partial charge in [-0.25, -0.2) is 4.68 Å². The highest BCUT2D eigenvalue weighted by atomic mass is 79.9. The maximum absolute atomic E-state index is 6.01. The molecule has 1 saturated carbocycles. The zero-order chi connectivity index (χ0) is 11.5. The van der Waals surface area contributed by atoms with E-state index in [0.29, 0.717) is 0 Å². The van der Waals surface area contributed by atoms with E-state index >= 15 is 0 Å². The minimum atomic E-state index is 0.760. The number of nitrogens with two attached hydrogens (primary N) is 1. The largest absolute Gasteiger partial charge is 0.383 e. The first-order chi connectivity index (χ1) is 7.68. The summed E-state index contributed by atoms with van der Waals surface area (Å²) in [5.74, 6) is 1.54. The maximum Gasteiger partial charge on any atom is 0.136 e. The molecular weight excluding hydrogens is 266 g/mol. The molecule has 2 N–H and O–H groups in total. The lowest BCUT2D eigenvalue weighted by molar-refractivity contribution is 0.378. The highest BCUT2D eigenvalue weighted by Crippen LogP contribution is 2.28. The quantitative estimate of drug-likeness (QED) is 0.845. The highest BCUT2D eigenvalue weighted by Gasteiger charge is 2.16. The zero-order valence-electron chi connectivity index (χ0n) is 9.88. The molecule has 0 radical (unpaired) electrons. The van der Waals surface area contributed by atoms with Crippen LogP contribution in [0.1, 0.15) is 44.2 Å². The third-order valence-electron chi connectivity index (χ3n) is 3.50. The van der Waals surface area contributed by atoms with E-state index in [1.807, 2.05) is 11.6 Å². The number of nitrogen functional groups attached to an aromatic ring is 1. The third kappa shape index (κ3) is 2.59. The molecule has 4 heteroatoms. The van der Waals surface area contributed by atoms with Gasteiger partial charge in [0.1, 0.15) is 5.82 Å². The molecule has 0 amide bonds. The summed E-state index contributed by atoms with van der Waals surface area (Å²) in [7, 11) is 0. The van der Waals surface area contributed by atoms with Crippen molar-refractivity contribution in [1.29, 1.82) is 0 Å². The summed E-state index contributed by atoms with van der Waals surface area (Å²) in [5, 5.41) is 4.48. The van der Waals surface area contributed by atoms with Gasteiger partial charge in [-0.1, -0.05) is 25.7 Å². The van der Waals surface area contributed by atoms with Crippen LogP contribution in [0.25, 0.3) is 0 Å². The molecule has 1 aromatic heterocycles. The summed E-state index contributed by atoms with van der Waals surface area (Å²) in [6.07, 6.45) is 8.19. The molecule has 0 bridgehead atoms. The number of halogens is 1. The molecule has 1 aliphatic carbocycles. The Bertz CT molecular complexity index is 351. The van der Waals surface area contributed by atoms with Crippen molar-refractivity contribution in [3.63, 3.8) is 0 Å². The second kappa shape index (κ2) is 5.21. The molecule has 1 heterocycles. The standard InChI is InChI=1S/C12H20BrN3/c1-9-11(13)12(14)16(15-9)8-10-6-4-2-3-5-7-10/h10H,2-8,14H2,1H3. The van der Waals surface area contributed by atoms with Gasteiger partial charge in [0, 0.05) is 6.54 Å². The first kappa shape index (κ1) is 12.0. The van der Waals surface area contributed by atoms with E-state index in [4.69, 9.17) is 5.73 Å². The van der Waals surface area contributed by atoms with Gasteiger partial charge in [-0.05, 0) is 41.6 Å². The summed E-state index contributed by atoms with van der Waals surface area (Å²) in [4.78, 5) is 0. The Kier molecular flexibility index (Phi) is 3.90. The van der Waals surface area contributed by atoms with Crippen LogP contribution in [0.3, 0.4) is 0 Å². The van der Waals surface area contributed by atoms with Crippen molar-refractivity contribution in [3.8, 4) is 0 Å². The van der Waals surface area contributed by atoms with Gasteiger partial charge in [0.2, 0.25) is 0 Å². The Hall–Kier alpha value is -0.510. The summed E-state index contributed by atoms with van der Waals surface area (Å²) in [5.41, 5.74) is 7.01. The molecule has 1 aliphatic rings. The monoisotopic (exact) mass is 285 g/mol. The molecule has 2 rings (SSSR count). The van der Waals surface area contributed by atoms with Crippen LogP contribution < -0.4 is 5.73 Å². The topological polar surface area (TPSA) is 43.8 Å². The molecule has 1 aromatic rings. The average molecular weight is 286 g/mol. The second-order valence-corrected chi connectivity index (χ2v) is 5.62. The van der Waals surface area contributed by atoms with Crippen molar-refractivity contribution < 1.29 is 0 Å². The summed E-state index contributed by atoms with van der Waals surface area (Å²) in [6, 6.07) is 0. The Morgan fingerprint density at radius 1 is 1.31 bits per heavy atom. The zero-order valence-corrected chi connectivity index (χ0v) is 11.5. The van der Waals surface area contributed by atoms with Gasteiger partial charge >= 0.3 is 0 Å². The van der Waals surface area contributed by atoms with Crippen LogP contribution in [-0.4, -0.2) is 9.78 Å². The fraction of sp³-hybridized carbons (Fsp3) is 0.750. The lowest BCUT2D eigenvalue weighted by Crippen LogP contribution is -2.13. The summed E-state index contributed by atoms with van der Waals surface area (Å²) >= 11 is 3.47. The fourth-order valence-corrected chi connectivity index (χ4v) is 2.79. The minimum Gasteiger partial charge on any atom is -0.383 e. The summed E-state index contributed by atoms with van der Waals surface area (Å²) < 4.78 is 2.93. The van der Waals surface area contributed by atoms with E-state index in [9.17, 15) is 0 Å². The Morgan fingerprint density at radius 2 is 1.94 bits per heavy atom. The number of hydrogen-bond donors (Lipinski definition) is 1. The van der Waals surface area contributed by atoms with Gasteiger partial charge < -0.3 is 5.73 Å². The molecule has 0 atom stereocenters. The molecule has 1 fully saturated rings. The predicted molar refractivity (Wildman–Crippen MR) is 70.3 cm³/mol. The Morgan fingerprint density at radius 3 is 2.44 bits per heavy atom. The predicted octanol–water partition coefficient (Wildman–Crippen LogP) is 3.51. The molecule has 0 aromatic carbocycles. The van der Waals surface area contributed by atoms with Crippen LogP contribution in [-0.2, 0) is 6.54 Å². The number of rotatable bonds is 2. The van der Waals surface area contributed by atoms with Crippen LogP contribution in [0.5, 0.6) is 0 Å². The van der Waals surface area contributed by atoms with Crippen LogP contribution in [0, 0.1) is 12.8 Å². The van der Waals surface area contributed by atoms with Crippen LogP contribution in [0.2, 0.25) is 0 Å². The van der Waals surface area contributed by atoms with E-state index in [-0.39, 0.29) is 0 Å². The van der Waals surface area contributed by atoms with Gasteiger partial charge in [-0.2, -0.15) is 5.10 Å². The first-order valence-electron chi connectivity index (χ1n) is 6.17. The van der Waals surface area contributed by atoms with Gasteiger partial charge in [0.25, 0.3) is 0 Å².